The monoisotopic (exact) mass is 668 g/mol. The van der Waals surface area contributed by atoms with E-state index in [0.29, 0.717) is 45.9 Å². The number of benzene rings is 1. The molecule has 3 aromatic heterocycles. The van der Waals surface area contributed by atoms with Gasteiger partial charge >= 0.3 is 236 Å². The zero-order valence-electron chi connectivity index (χ0n) is 23.1. The van der Waals surface area contributed by atoms with Crippen molar-refractivity contribution >= 4 is 10.9 Å². The van der Waals surface area contributed by atoms with Crippen LogP contribution in [0.4, 0.5) is 13.2 Å². The minimum atomic E-state index is -4.56. The van der Waals surface area contributed by atoms with Gasteiger partial charge < -0.3 is 0 Å². The number of aromatic amines is 1. The summed E-state index contributed by atoms with van der Waals surface area (Å²) in [7, 11) is 1.91. The molecule has 40 heavy (non-hydrogen) atoms. The van der Waals surface area contributed by atoms with Gasteiger partial charge in [0.25, 0.3) is 0 Å². The van der Waals surface area contributed by atoms with Crippen LogP contribution in [0.5, 0.6) is 0 Å². The first kappa shape index (κ1) is 27.6. The van der Waals surface area contributed by atoms with Gasteiger partial charge in [-0.3, -0.25) is 0 Å². The van der Waals surface area contributed by atoms with Crippen LogP contribution in [0.1, 0.15) is 36.8 Å². The average Bonchev–Trinajstić information content (AvgIpc) is 3.51. The van der Waals surface area contributed by atoms with Gasteiger partial charge in [-0.2, -0.15) is 0 Å². The summed E-state index contributed by atoms with van der Waals surface area (Å²) in [5.74, 6) is 1.37. The fourth-order valence-electron chi connectivity index (χ4n) is 5.79. The summed E-state index contributed by atoms with van der Waals surface area (Å²) >= 11 is -3.08. The second kappa shape index (κ2) is 10.1. The van der Waals surface area contributed by atoms with Crippen molar-refractivity contribution in [3.63, 3.8) is 0 Å². The molecule has 5 heterocycles. The van der Waals surface area contributed by atoms with E-state index >= 15 is 0 Å². The van der Waals surface area contributed by atoms with Gasteiger partial charge in [-0.05, 0) is 0 Å². The molecule has 2 saturated heterocycles. The molecule has 0 unspecified atom stereocenters. The van der Waals surface area contributed by atoms with Gasteiger partial charge in [-0.15, -0.1) is 0 Å². The van der Waals surface area contributed by atoms with Crippen molar-refractivity contribution in [2.45, 2.75) is 37.8 Å². The molecule has 8 nitrogen and oxygen atoms in total. The number of aromatic nitrogens is 6. The predicted molar refractivity (Wildman–Crippen MR) is 142 cm³/mol. The third kappa shape index (κ3) is 4.81. The van der Waals surface area contributed by atoms with Crippen molar-refractivity contribution in [3.8, 4) is 11.3 Å². The van der Waals surface area contributed by atoms with Gasteiger partial charge in [-0.1, -0.05) is 0 Å². The van der Waals surface area contributed by atoms with E-state index in [1.54, 1.807) is 6.33 Å². The van der Waals surface area contributed by atoms with E-state index in [1.165, 1.54) is 0 Å². The van der Waals surface area contributed by atoms with Crippen LogP contribution in [-0.2, 0) is 29.8 Å². The molecule has 0 bridgehead atoms. The normalized spacial score (nSPS) is 20.5. The molecule has 216 valence electrons. The Morgan fingerprint density at radius 1 is 1.20 bits per heavy atom. The number of H-pyrrole nitrogens is 1. The Morgan fingerprint density at radius 2 is 2.00 bits per heavy atom. The minimum absolute atomic E-state index is 0.283. The van der Waals surface area contributed by atoms with E-state index in [4.69, 9.17) is 4.74 Å². The number of halogens is 4. The number of ether oxygens (including phenoxy) is 1. The third-order valence-electron chi connectivity index (χ3n) is 8.25. The van der Waals surface area contributed by atoms with Gasteiger partial charge in [0.15, 0.2) is 0 Å². The van der Waals surface area contributed by atoms with Crippen LogP contribution < -0.4 is 18.7 Å². The summed E-state index contributed by atoms with van der Waals surface area (Å²) < 4.78 is 53.1. The molecule has 2 fully saturated rings. The summed E-state index contributed by atoms with van der Waals surface area (Å²) in [5.41, 5.74) is 1.78. The summed E-state index contributed by atoms with van der Waals surface area (Å²) in [4.78, 5) is 8.57. The Labute approximate surface area is 235 Å². The number of rotatable bonds is 6. The van der Waals surface area contributed by atoms with E-state index in [1.807, 2.05) is 35.9 Å². The summed E-state index contributed by atoms with van der Waals surface area (Å²) in [6, 6.07) is 9.06. The maximum atomic E-state index is 14.2. The van der Waals surface area contributed by atoms with Crippen molar-refractivity contribution < 1.29 is 36.6 Å². The van der Waals surface area contributed by atoms with Crippen LogP contribution in [0.25, 0.3) is 22.2 Å². The standard InChI is InChI=1S/C28H34F3IN7O/c1-18-7-6-10-39(14-18)32(2,3)26-25-21(12-22(34-26)28(29,30)31)24(36-37-25)19-8-5-9-20(11-19)27(15-40-16-27)13-23-35-33-17-38(23)4/h5,8-9,11-12,17-18H,6-7,10,13-16H2,1-4H3,(H,36,37)/q-1/t18-/m1/s1. The van der Waals surface area contributed by atoms with Crippen molar-refractivity contribution in [3.05, 3.63) is 57.4 Å². The molecular weight excluding hydrogens is 634 g/mol. The molecule has 2 aliphatic rings. The van der Waals surface area contributed by atoms with Gasteiger partial charge in [-0.25, -0.2) is 0 Å². The first-order chi connectivity index (χ1) is 19.0. The molecule has 0 amide bonds. The van der Waals surface area contributed by atoms with Crippen LogP contribution in [0.15, 0.2) is 36.7 Å². The second-order valence-electron chi connectivity index (χ2n) is 11.5. The van der Waals surface area contributed by atoms with Crippen LogP contribution in [-0.4, -0.2) is 69.2 Å². The Hall–Kier alpha value is -2.58. The van der Waals surface area contributed by atoms with E-state index in [-0.39, 0.29) is 5.41 Å². The van der Waals surface area contributed by atoms with Crippen molar-refractivity contribution in [1.29, 1.82) is 0 Å². The molecule has 1 N–H and O–H groups in total. The van der Waals surface area contributed by atoms with E-state index < -0.39 is 30.6 Å². The molecule has 1 aromatic carbocycles. The summed E-state index contributed by atoms with van der Waals surface area (Å²) in [6.45, 7) is 5.07. The Balaban J connectivity index is 1.45. The van der Waals surface area contributed by atoms with Crippen LogP contribution in [0, 0.1) is 9.62 Å². The molecule has 0 saturated carbocycles. The van der Waals surface area contributed by atoms with E-state index in [9.17, 15) is 13.2 Å². The number of hydrogen-bond acceptors (Lipinski definition) is 6. The fourth-order valence-corrected chi connectivity index (χ4v) is 12.2. The molecule has 2 aliphatic heterocycles. The van der Waals surface area contributed by atoms with Crippen LogP contribution in [0.3, 0.4) is 0 Å². The molecular formula is C28H34F3IN7O-. The number of hydrogen-bond donors (Lipinski definition) is 1. The van der Waals surface area contributed by atoms with Crippen molar-refractivity contribution in [2.75, 3.05) is 36.2 Å². The number of pyridine rings is 1. The molecule has 1 atom stereocenters. The number of fused-ring (bicyclic) bond motifs is 1. The molecule has 0 spiro atoms. The Bertz CT molecular complexity index is 1540. The molecule has 0 aliphatic carbocycles. The first-order valence-corrected chi connectivity index (χ1v) is 19.7. The molecule has 6 rings (SSSR count). The molecule has 12 heteroatoms. The summed E-state index contributed by atoms with van der Waals surface area (Å²) in [5, 5.41) is 16.4. The number of alkyl halides is 5. The van der Waals surface area contributed by atoms with Crippen LogP contribution >= 0.6 is 0 Å². The maximum absolute atomic E-state index is 14.2. The third-order valence-corrected chi connectivity index (χ3v) is 15.8. The van der Waals surface area contributed by atoms with Crippen molar-refractivity contribution in [1.82, 2.24) is 33.1 Å². The van der Waals surface area contributed by atoms with Gasteiger partial charge in [0.2, 0.25) is 0 Å². The second-order valence-corrected chi connectivity index (χ2v) is 20.6. The Morgan fingerprint density at radius 3 is 2.65 bits per heavy atom. The quantitative estimate of drug-likeness (QED) is 0.145. The number of aryl methyl sites for hydroxylation is 1. The fraction of sp³-hybridized carbons (Fsp3) is 0.500. The Kier molecular flexibility index (Phi) is 6.93. The van der Waals surface area contributed by atoms with E-state index in [2.05, 4.69) is 45.3 Å². The molecule has 0 radical (unpaired) electrons. The van der Waals surface area contributed by atoms with Gasteiger partial charge in [0.05, 0.1) is 0 Å². The number of piperidine rings is 1. The molecule has 4 aromatic rings. The topological polar surface area (TPSA) is 84.8 Å². The van der Waals surface area contributed by atoms with E-state index in [0.717, 1.165) is 48.9 Å². The number of nitrogens with zero attached hydrogens (tertiary/aromatic N) is 6. The zero-order chi connectivity index (χ0) is 28.3. The van der Waals surface area contributed by atoms with Crippen LogP contribution in [0.2, 0.25) is 0 Å². The SMILES string of the molecule is C[C@@H]1CCCN([I-](C)(C)c2nc(C(F)(F)F)cc3c(-c4cccc(C5(Cc6nncn6C)COC5)c4)n[nH]c23)C1. The number of nitrogens with one attached hydrogen (secondary N) is 1. The van der Waals surface area contributed by atoms with Crippen molar-refractivity contribution in [2.24, 2.45) is 13.0 Å². The van der Waals surface area contributed by atoms with Gasteiger partial charge in [0.1, 0.15) is 0 Å². The summed E-state index contributed by atoms with van der Waals surface area (Å²) in [6.07, 6.45) is -0.0377. The average molecular weight is 669 g/mol. The van der Waals surface area contributed by atoms with Gasteiger partial charge in [0, 0.05) is 0 Å². The predicted octanol–water partition coefficient (Wildman–Crippen LogP) is 1.52. The zero-order valence-corrected chi connectivity index (χ0v) is 25.3. The first-order valence-electron chi connectivity index (χ1n) is 13.4.